The predicted molar refractivity (Wildman–Crippen MR) is 324 cm³/mol. The van der Waals surface area contributed by atoms with Crippen LogP contribution >= 0.6 is 23.2 Å². The van der Waals surface area contributed by atoms with Gasteiger partial charge >= 0.3 is 11.9 Å². The monoisotopic (exact) mass is 1240 g/mol. The molecular formula is C62H78Cl2N4O14S2. The minimum atomic E-state index is -3.77. The summed E-state index contributed by atoms with van der Waals surface area (Å²) in [5.74, 6) is -0.404. The van der Waals surface area contributed by atoms with E-state index in [0.717, 1.165) is 75.6 Å². The zero-order chi connectivity index (χ0) is 60.1. The lowest BCUT2D eigenvalue weighted by molar-refractivity contribution is 0.0454. The number of methoxy groups -OCH3 is 2. The van der Waals surface area contributed by atoms with Crippen molar-refractivity contribution in [2.75, 3.05) is 76.6 Å². The van der Waals surface area contributed by atoms with Gasteiger partial charge in [0.1, 0.15) is 22.0 Å². The molecule has 0 aromatic heterocycles. The van der Waals surface area contributed by atoms with Gasteiger partial charge in [0.05, 0.1) is 61.1 Å². The molecule has 4 aromatic rings. The van der Waals surface area contributed by atoms with Gasteiger partial charge in [0.15, 0.2) is 0 Å². The van der Waals surface area contributed by atoms with E-state index in [-0.39, 0.29) is 71.7 Å². The van der Waals surface area contributed by atoms with Gasteiger partial charge in [0.2, 0.25) is 20.0 Å². The number of nitrogens with two attached hydrogens (primary N) is 2. The number of nitrogens with zero attached hydrogens (tertiary/aromatic N) is 2. The number of primary sulfonamides is 2. The zero-order valence-electron chi connectivity index (χ0n) is 47.5. The molecular weight excluding hydrogens is 1160 g/mol. The molecule has 0 unspecified atom stereocenters. The van der Waals surface area contributed by atoms with Crippen LogP contribution in [0, 0.1) is 23.7 Å². The molecule has 2 heterocycles. The lowest BCUT2D eigenvalue weighted by atomic mass is 9.68. The molecule has 2 saturated carbocycles. The van der Waals surface area contributed by atoms with Crippen LogP contribution in [0.2, 0.25) is 10.0 Å². The van der Waals surface area contributed by atoms with E-state index in [1.165, 1.54) is 36.5 Å². The number of fused-ring (bicyclic) bond motifs is 6. The first-order valence-electron chi connectivity index (χ1n) is 28.8. The maximum atomic E-state index is 11.9. The number of aromatic carboxylic acids is 2. The predicted octanol–water partition coefficient (Wildman–Crippen LogP) is 8.30. The summed E-state index contributed by atoms with van der Waals surface area (Å²) in [6.45, 7) is 3.48. The molecule has 2 aliphatic heterocycles. The number of carboxylic acid groups (broad SMARTS) is 2. The highest BCUT2D eigenvalue weighted by atomic mass is 35.5. The van der Waals surface area contributed by atoms with E-state index in [1.54, 1.807) is 60.7 Å². The molecule has 4 aliphatic carbocycles. The Morgan fingerprint density at radius 3 is 1.39 bits per heavy atom. The van der Waals surface area contributed by atoms with Crippen molar-refractivity contribution in [3.63, 3.8) is 0 Å². The Morgan fingerprint density at radius 1 is 0.643 bits per heavy atom. The van der Waals surface area contributed by atoms with Crippen molar-refractivity contribution in [2.45, 2.75) is 111 Å². The van der Waals surface area contributed by atoms with E-state index in [0.29, 0.717) is 60.9 Å². The van der Waals surface area contributed by atoms with Crippen molar-refractivity contribution in [1.29, 1.82) is 0 Å². The number of aryl methyl sites for hydroxylation is 2. The molecule has 18 nitrogen and oxygen atoms in total. The minimum Gasteiger partial charge on any atom is -0.490 e. The molecule has 84 heavy (non-hydrogen) atoms. The fourth-order valence-electron chi connectivity index (χ4n) is 13.6. The smallest absolute Gasteiger partial charge is 0.335 e. The van der Waals surface area contributed by atoms with Gasteiger partial charge in [0.25, 0.3) is 0 Å². The number of aliphatic hydroxyl groups excluding tert-OH is 2. The minimum absolute atomic E-state index is 0.0136. The Labute approximate surface area is 502 Å². The Balaban J connectivity index is 0.000000202. The standard InChI is InChI=1S/2C31H39ClN2O7S/c2*1-40-17-24(42(33,38)39)5-2-6-28(35)25-10-7-22(25)16-34-18-31(13-3-4-20-14-23(32)9-11-26(20)31)19-41-29-12-8-21(30(36)37)15-27(29)34/h2*2,6,8-9,11-12,14-15,22,24-25,28,35H,3-5,7,10,13,16-19H2,1H3,(H,36,37)(H2,33,38,39)/b2*6-2+/t22-,24+,25+,28-,31-;22-,24-,25+,28-,31-/m00/s1. The molecule has 22 heteroatoms. The second-order valence-corrected chi connectivity index (χ2v) is 28.4. The zero-order valence-corrected chi connectivity index (χ0v) is 50.6. The summed E-state index contributed by atoms with van der Waals surface area (Å²) in [7, 11) is -4.70. The SMILES string of the molecule is COC[C@@H](C/C=C/[C@H](O)[C@@H]1CC[C@H]1CN1C[C@@]2(CCCc3cc(Cl)ccc32)COc2ccc(C(=O)O)cc21)S(N)(=O)=O.COC[C@H](C/C=C/[C@H](O)[C@@H]1CC[C@H]1CN1C[C@@]2(CCCc3cc(Cl)ccc32)COc2ccc(C(=O)O)cc21)S(N)(=O)=O. The summed E-state index contributed by atoms with van der Waals surface area (Å²) >= 11 is 12.7. The van der Waals surface area contributed by atoms with Crippen LogP contribution in [-0.2, 0) is 53.2 Å². The second-order valence-electron chi connectivity index (χ2n) is 23.8. The fraction of sp³-hybridized carbons (Fsp3) is 0.516. The third kappa shape index (κ3) is 14.4. The topological polar surface area (TPSA) is 279 Å². The van der Waals surface area contributed by atoms with Gasteiger partial charge in [-0.15, -0.1) is 0 Å². The molecule has 8 N–H and O–H groups in total. The lowest BCUT2D eigenvalue weighted by Gasteiger charge is -2.45. The highest BCUT2D eigenvalue weighted by Crippen LogP contribution is 2.49. The molecule has 456 valence electrons. The van der Waals surface area contributed by atoms with Crippen LogP contribution in [0.15, 0.2) is 97.1 Å². The number of allylic oxidation sites excluding steroid dienone is 2. The Kier molecular flexibility index (Phi) is 20.2. The van der Waals surface area contributed by atoms with Gasteiger partial charge in [-0.05, 0) is 184 Å². The number of carbonyl (C=O) groups is 2. The number of carboxylic acids is 2. The molecule has 0 saturated heterocycles. The molecule has 4 aromatic carbocycles. The van der Waals surface area contributed by atoms with E-state index in [2.05, 4.69) is 21.9 Å². The van der Waals surface area contributed by atoms with Gasteiger partial charge in [0, 0.05) is 61.3 Å². The third-order valence-electron chi connectivity index (χ3n) is 18.4. The number of sulfonamides is 2. The molecule has 10 rings (SSSR count). The van der Waals surface area contributed by atoms with Gasteiger partial charge in [-0.3, -0.25) is 0 Å². The van der Waals surface area contributed by atoms with Crippen LogP contribution in [0.1, 0.15) is 107 Å². The summed E-state index contributed by atoms with van der Waals surface area (Å²) in [6, 6.07) is 22.2. The fourth-order valence-corrected chi connectivity index (χ4v) is 15.4. The average Bonchev–Trinajstić information content (AvgIpc) is 2.09. The van der Waals surface area contributed by atoms with Crippen molar-refractivity contribution < 1.29 is 65.8 Å². The van der Waals surface area contributed by atoms with Crippen molar-refractivity contribution in [2.24, 2.45) is 33.9 Å². The number of hydrogen-bond acceptors (Lipinski definition) is 14. The van der Waals surface area contributed by atoms with Crippen molar-refractivity contribution >= 4 is 66.6 Å². The van der Waals surface area contributed by atoms with E-state index < -0.39 is 54.7 Å². The summed E-state index contributed by atoms with van der Waals surface area (Å²) in [5.41, 5.74) is 6.21. The first-order valence-corrected chi connectivity index (χ1v) is 32.8. The van der Waals surface area contributed by atoms with Gasteiger partial charge in [-0.25, -0.2) is 36.7 Å². The number of anilines is 2. The van der Waals surface area contributed by atoms with E-state index in [1.807, 2.05) is 24.3 Å². The quantitative estimate of drug-likeness (QED) is 0.0454. The normalized spacial score (nSPS) is 25.2. The van der Waals surface area contributed by atoms with Gasteiger partial charge in [-0.1, -0.05) is 59.6 Å². The first kappa shape index (κ1) is 63.2. The average molecular weight is 1240 g/mol. The number of rotatable bonds is 20. The number of ether oxygens (including phenoxy) is 4. The molecule has 0 radical (unpaired) electrons. The van der Waals surface area contributed by atoms with Gasteiger partial charge in [-0.2, -0.15) is 0 Å². The first-order chi connectivity index (χ1) is 40.0. The summed E-state index contributed by atoms with van der Waals surface area (Å²) in [4.78, 5) is 28.3. The maximum Gasteiger partial charge on any atom is 0.335 e. The number of aliphatic hydroxyl groups is 2. The van der Waals surface area contributed by atoms with Crippen LogP contribution in [0.4, 0.5) is 11.4 Å². The summed E-state index contributed by atoms with van der Waals surface area (Å²) in [5, 5.41) is 51.9. The number of halogens is 2. The molecule has 0 amide bonds. The van der Waals surface area contributed by atoms with Crippen molar-refractivity contribution in [3.05, 3.63) is 141 Å². The molecule has 2 fully saturated rings. The highest BCUT2D eigenvalue weighted by Gasteiger charge is 2.46. The summed E-state index contributed by atoms with van der Waals surface area (Å²) < 4.78 is 70.2. The van der Waals surface area contributed by atoms with Gasteiger partial charge < -0.3 is 49.2 Å². The molecule has 6 aliphatic rings. The van der Waals surface area contributed by atoms with Crippen LogP contribution < -0.4 is 29.6 Å². The number of benzene rings is 4. The molecule has 0 bridgehead atoms. The Bertz CT molecular complexity index is 3110. The van der Waals surface area contributed by atoms with Crippen LogP contribution in [0.5, 0.6) is 11.5 Å². The summed E-state index contributed by atoms with van der Waals surface area (Å²) in [6.07, 6.45) is 14.8. The lowest BCUT2D eigenvalue weighted by Crippen LogP contribution is -2.49. The van der Waals surface area contributed by atoms with Crippen molar-refractivity contribution in [1.82, 2.24) is 0 Å². The van der Waals surface area contributed by atoms with E-state index in [4.69, 9.17) is 52.4 Å². The van der Waals surface area contributed by atoms with E-state index in [9.17, 15) is 46.9 Å². The maximum absolute atomic E-state index is 11.9. The van der Waals surface area contributed by atoms with Crippen LogP contribution in [0.25, 0.3) is 0 Å². The Morgan fingerprint density at radius 2 is 1.05 bits per heavy atom. The second kappa shape index (κ2) is 26.8. The molecule has 2 spiro atoms. The van der Waals surface area contributed by atoms with E-state index >= 15 is 0 Å². The van der Waals surface area contributed by atoms with Crippen LogP contribution in [0.3, 0.4) is 0 Å². The largest absolute Gasteiger partial charge is 0.490 e. The van der Waals surface area contributed by atoms with Crippen molar-refractivity contribution in [3.8, 4) is 11.5 Å². The molecule has 10 atom stereocenters. The highest BCUT2D eigenvalue weighted by molar-refractivity contribution is 7.90. The number of hydrogen-bond donors (Lipinski definition) is 6. The third-order valence-corrected chi connectivity index (χ3v) is 21.4. The Hall–Kier alpha value is -5.26. The van der Waals surface area contributed by atoms with Crippen LogP contribution in [-0.4, -0.2) is 139 Å².